The first-order valence-corrected chi connectivity index (χ1v) is 8.62. The van der Waals surface area contributed by atoms with E-state index in [0.29, 0.717) is 17.8 Å². The van der Waals surface area contributed by atoms with E-state index in [1.807, 2.05) is 6.92 Å². The number of rotatable bonds is 4. The number of primary sulfonamides is 1. The second-order valence-corrected chi connectivity index (χ2v) is 7.41. The lowest BCUT2D eigenvalue weighted by molar-refractivity contribution is -0.125. The monoisotopic (exact) mass is 347 g/mol. The third-order valence-corrected chi connectivity index (χ3v) is 4.46. The Balaban J connectivity index is 0.00000242. The summed E-state index contributed by atoms with van der Waals surface area (Å²) in [5.74, 6) is -0.225. The average Bonchev–Trinajstić information content (AvgIpc) is 2.40. The van der Waals surface area contributed by atoms with Gasteiger partial charge in [0.05, 0.1) is 11.2 Å². The zero-order valence-electron chi connectivity index (χ0n) is 12.5. The quantitative estimate of drug-likeness (QED) is 0.762. The first-order chi connectivity index (χ1) is 9.78. The molecule has 1 fully saturated rings. The number of nitrogens with one attached hydrogen (secondary N) is 2. The summed E-state index contributed by atoms with van der Waals surface area (Å²) in [6.45, 7) is 3.57. The Kier molecular flexibility index (Phi) is 6.37. The maximum Gasteiger partial charge on any atom is 0.231 e. The first-order valence-electron chi connectivity index (χ1n) is 6.90. The number of hydrogen-bond acceptors (Lipinski definition) is 4. The van der Waals surface area contributed by atoms with Gasteiger partial charge in [0.2, 0.25) is 15.9 Å². The van der Waals surface area contributed by atoms with Crippen molar-refractivity contribution in [2.24, 2.45) is 10.6 Å². The molecule has 8 heteroatoms. The van der Waals surface area contributed by atoms with Crippen LogP contribution in [0.3, 0.4) is 0 Å². The van der Waals surface area contributed by atoms with Crippen molar-refractivity contribution < 1.29 is 13.2 Å². The molecule has 0 spiro atoms. The number of amides is 1. The zero-order chi connectivity index (χ0) is 15.5. The van der Waals surface area contributed by atoms with Gasteiger partial charge >= 0.3 is 0 Å². The SMILES string of the molecule is CC1(C(=O)Nc2ccc(CS(N)(=O)=O)cc2)CCCNC1.Cl. The van der Waals surface area contributed by atoms with E-state index in [1.54, 1.807) is 24.3 Å². The molecule has 0 radical (unpaired) electrons. The molecule has 1 aromatic rings. The second kappa shape index (κ2) is 7.41. The van der Waals surface area contributed by atoms with Crippen molar-refractivity contribution in [2.45, 2.75) is 25.5 Å². The lowest BCUT2D eigenvalue weighted by Gasteiger charge is -2.32. The van der Waals surface area contributed by atoms with Crippen LogP contribution < -0.4 is 15.8 Å². The van der Waals surface area contributed by atoms with Gasteiger partial charge in [0.1, 0.15) is 0 Å². The molecular formula is C14H22ClN3O3S. The Morgan fingerprint density at radius 2 is 2.00 bits per heavy atom. The van der Waals surface area contributed by atoms with Crippen LogP contribution in [0.25, 0.3) is 0 Å². The molecule has 1 heterocycles. The summed E-state index contributed by atoms with van der Waals surface area (Å²) in [4.78, 5) is 12.3. The van der Waals surface area contributed by atoms with Gasteiger partial charge in [-0.05, 0) is 44.0 Å². The molecule has 1 aliphatic rings. The third kappa shape index (κ3) is 5.24. The fraction of sp³-hybridized carbons (Fsp3) is 0.500. The Labute approximate surface area is 137 Å². The summed E-state index contributed by atoms with van der Waals surface area (Å²) in [7, 11) is -3.54. The zero-order valence-corrected chi connectivity index (χ0v) is 14.1. The Bertz CT molecular complexity index is 611. The van der Waals surface area contributed by atoms with Crippen molar-refractivity contribution in [1.29, 1.82) is 0 Å². The van der Waals surface area contributed by atoms with Gasteiger partial charge in [-0.1, -0.05) is 12.1 Å². The van der Waals surface area contributed by atoms with Gasteiger partial charge in [0.25, 0.3) is 0 Å². The Morgan fingerprint density at radius 3 is 2.50 bits per heavy atom. The molecule has 0 saturated carbocycles. The molecule has 0 bridgehead atoms. The predicted molar refractivity (Wildman–Crippen MR) is 89.3 cm³/mol. The van der Waals surface area contributed by atoms with Gasteiger partial charge in [-0.15, -0.1) is 12.4 Å². The molecule has 124 valence electrons. The van der Waals surface area contributed by atoms with E-state index in [2.05, 4.69) is 10.6 Å². The molecule has 1 amide bonds. The van der Waals surface area contributed by atoms with Crippen LogP contribution in [0.4, 0.5) is 5.69 Å². The molecule has 1 unspecified atom stereocenters. The van der Waals surface area contributed by atoms with Crippen molar-refractivity contribution in [3.05, 3.63) is 29.8 Å². The van der Waals surface area contributed by atoms with E-state index in [1.165, 1.54) is 0 Å². The summed E-state index contributed by atoms with van der Waals surface area (Å²) in [5.41, 5.74) is 0.850. The number of halogens is 1. The molecule has 6 nitrogen and oxygen atoms in total. The molecule has 1 atom stereocenters. The number of nitrogens with two attached hydrogens (primary N) is 1. The highest BCUT2D eigenvalue weighted by Gasteiger charge is 2.34. The number of sulfonamides is 1. The number of carbonyl (C=O) groups is 1. The van der Waals surface area contributed by atoms with Gasteiger partial charge in [0.15, 0.2) is 0 Å². The van der Waals surface area contributed by atoms with E-state index < -0.39 is 15.4 Å². The van der Waals surface area contributed by atoms with Crippen LogP contribution in [-0.2, 0) is 20.6 Å². The fourth-order valence-electron chi connectivity index (χ4n) is 2.45. The minimum absolute atomic E-state index is 0. The molecule has 1 aliphatic heterocycles. The minimum Gasteiger partial charge on any atom is -0.326 e. The summed E-state index contributed by atoms with van der Waals surface area (Å²) in [6.07, 6.45) is 1.84. The molecule has 0 aromatic heterocycles. The predicted octanol–water partition coefficient (Wildman–Crippen LogP) is 1.23. The number of piperidine rings is 1. The van der Waals surface area contributed by atoms with Crippen molar-refractivity contribution in [3.8, 4) is 0 Å². The van der Waals surface area contributed by atoms with Gasteiger partial charge in [-0.3, -0.25) is 4.79 Å². The number of carbonyl (C=O) groups excluding carboxylic acids is 1. The maximum atomic E-state index is 12.3. The second-order valence-electron chi connectivity index (χ2n) is 5.80. The summed E-state index contributed by atoms with van der Waals surface area (Å²) < 4.78 is 22.0. The molecular weight excluding hydrogens is 326 g/mol. The Hall–Kier alpha value is -1.15. The highest BCUT2D eigenvalue weighted by atomic mass is 35.5. The average molecular weight is 348 g/mol. The minimum atomic E-state index is -3.54. The van der Waals surface area contributed by atoms with Gasteiger partial charge in [0, 0.05) is 12.2 Å². The van der Waals surface area contributed by atoms with Crippen LogP contribution >= 0.6 is 12.4 Å². The smallest absolute Gasteiger partial charge is 0.231 e. The lowest BCUT2D eigenvalue weighted by Crippen LogP contribution is -2.46. The van der Waals surface area contributed by atoms with Crippen molar-refractivity contribution in [2.75, 3.05) is 18.4 Å². The standard InChI is InChI=1S/C14H21N3O3S.ClH/c1-14(7-2-8-16-10-14)13(18)17-12-5-3-11(4-6-12)9-21(15,19)20;/h3-6,16H,2,7-10H2,1H3,(H,17,18)(H2,15,19,20);1H. The third-order valence-electron chi connectivity index (χ3n) is 3.73. The normalized spacial score (nSPS) is 21.7. The first kappa shape index (κ1) is 18.9. The van der Waals surface area contributed by atoms with Crippen LogP contribution in [0.15, 0.2) is 24.3 Å². The summed E-state index contributed by atoms with van der Waals surface area (Å²) in [6, 6.07) is 6.69. The van der Waals surface area contributed by atoms with Crippen LogP contribution in [0.5, 0.6) is 0 Å². The van der Waals surface area contributed by atoms with E-state index >= 15 is 0 Å². The number of anilines is 1. The van der Waals surface area contributed by atoms with Crippen LogP contribution in [0.2, 0.25) is 0 Å². The van der Waals surface area contributed by atoms with Crippen LogP contribution in [-0.4, -0.2) is 27.4 Å². The molecule has 2 rings (SSSR count). The number of benzene rings is 1. The van der Waals surface area contributed by atoms with Gasteiger partial charge in [-0.2, -0.15) is 0 Å². The van der Waals surface area contributed by atoms with E-state index in [9.17, 15) is 13.2 Å². The molecule has 22 heavy (non-hydrogen) atoms. The molecule has 1 saturated heterocycles. The lowest BCUT2D eigenvalue weighted by atomic mass is 9.82. The largest absolute Gasteiger partial charge is 0.326 e. The van der Waals surface area contributed by atoms with Crippen LogP contribution in [0.1, 0.15) is 25.3 Å². The summed E-state index contributed by atoms with van der Waals surface area (Å²) in [5, 5.41) is 11.1. The summed E-state index contributed by atoms with van der Waals surface area (Å²) >= 11 is 0. The van der Waals surface area contributed by atoms with E-state index in [0.717, 1.165) is 19.4 Å². The molecule has 0 aliphatic carbocycles. The fourth-order valence-corrected chi connectivity index (χ4v) is 3.11. The van der Waals surface area contributed by atoms with E-state index in [-0.39, 0.29) is 24.1 Å². The van der Waals surface area contributed by atoms with Crippen molar-refractivity contribution in [1.82, 2.24) is 5.32 Å². The van der Waals surface area contributed by atoms with Crippen molar-refractivity contribution in [3.63, 3.8) is 0 Å². The topological polar surface area (TPSA) is 101 Å². The maximum absolute atomic E-state index is 12.3. The van der Waals surface area contributed by atoms with Crippen LogP contribution in [0, 0.1) is 5.41 Å². The molecule has 1 aromatic carbocycles. The van der Waals surface area contributed by atoms with Gasteiger partial charge in [-0.25, -0.2) is 13.6 Å². The van der Waals surface area contributed by atoms with Gasteiger partial charge < -0.3 is 10.6 Å². The van der Waals surface area contributed by atoms with Crippen molar-refractivity contribution >= 4 is 34.0 Å². The highest BCUT2D eigenvalue weighted by Crippen LogP contribution is 2.27. The molecule has 4 N–H and O–H groups in total. The van der Waals surface area contributed by atoms with E-state index in [4.69, 9.17) is 5.14 Å². The Morgan fingerprint density at radius 1 is 1.36 bits per heavy atom. The number of hydrogen-bond donors (Lipinski definition) is 3. The highest BCUT2D eigenvalue weighted by molar-refractivity contribution is 7.88.